The summed E-state index contributed by atoms with van der Waals surface area (Å²) in [6, 6.07) is 22.4. The lowest BCUT2D eigenvalue weighted by Crippen LogP contribution is -2.66. The highest BCUT2D eigenvalue weighted by molar-refractivity contribution is 5.97. The second kappa shape index (κ2) is 11.7. The summed E-state index contributed by atoms with van der Waals surface area (Å²) >= 11 is 0. The van der Waals surface area contributed by atoms with Gasteiger partial charge in [0, 0.05) is 29.9 Å². The van der Waals surface area contributed by atoms with Crippen LogP contribution in [0.15, 0.2) is 84.9 Å². The molecule has 0 spiro atoms. The Hall–Kier alpha value is -3.84. The van der Waals surface area contributed by atoms with Crippen LogP contribution in [0.25, 0.3) is 0 Å². The molecule has 0 saturated carbocycles. The van der Waals surface area contributed by atoms with Crippen molar-refractivity contribution in [2.75, 3.05) is 26.2 Å². The van der Waals surface area contributed by atoms with Crippen molar-refractivity contribution in [2.24, 2.45) is 5.92 Å². The van der Waals surface area contributed by atoms with E-state index in [0.29, 0.717) is 28.7 Å². The Labute approximate surface area is 223 Å². The molecule has 2 bridgehead atoms. The number of hydrogen-bond acceptors (Lipinski definition) is 4. The van der Waals surface area contributed by atoms with Gasteiger partial charge in [-0.25, -0.2) is 9.18 Å². The van der Waals surface area contributed by atoms with E-state index in [9.17, 15) is 18.8 Å². The van der Waals surface area contributed by atoms with Crippen LogP contribution in [0.4, 0.5) is 4.39 Å². The van der Waals surface area contributed by atoms with Crippen molar-refractivity contribution in [3.63, 3.8) is 0 Å². The number of ketones is 1. The van der Waals surface area contributed by atoms with Crippen LogP contribution in [-0.2, 0) is 9.53 Å². The first kappa shape index (κ1) is 27.2. The van der Waals surface area contributed by atoms with Crippen LogP contribution in [0.2, 0.25) is 0 Å². The maximum atomic E-state index is 13.5. The van der Waals surface area contributed by atoms with E-state index in [1.54, 1.807) is 24.3 Å². The van der Waals surface area contributed by atoms with Gasteiger partial charge in [0.1, 0.15) is 18.9 Å². The van der Waals surface area contributed by atoms with Crippen molar-refractivity contribution in [1.29, 1.82) is 0 Å². The number of esters is 1. The lowest BCUT2D eigenvalue weighted by Gasteiger charge is -2.51. The Morgan fingerprint density at radius 2 is 1.47 bits per heavy atom. The molecule has 3 heterocycles. The Kier molecular flexibility index (Phi) is 8.37. The van der Waals surface area contributed by atoms with Gasteiger partial charge in [-0.1, -0.05) is 68.1 Å². The number of fused-ring (bicyclic) bond motifs is 3. The lowest BCUT2D eigenvalue weighted by molar-refractivity contribution is -0.938. The molecule has 6 rings (SSSR count). The minimum atomic E-state index is -1.01. The number of nitrogens with one attached hydrogen (secondary N) is 1. The highest BCUT2D eigenvalue weighted by atomic mass is 19.1. The fourth-order valence-corrected chi connectivity index (χ4v) is 5.55. The molecule has 38 heavy (non-hydrogen) atoms. The SMILES string of the molecule is C.O=C(C[N+]12CCC(CC1)[C@@H](OC(=O)C(NC(=O)c1ccc(F)cc1)c1ccccc1)C2)c1ccccc1. The highest BCUT2D eigenvalue weighted by Gasteiger charge is 2.49. The number of Topliss-reactive ketones (excluding diaryl/α,β-unsaturated/α-hetero) is 1. The Balaban J connectivity index is 0.00000336. The van der Waals surface area contributed by atoms with Gasteiger partial charge in [-0.3, -0.25) is 9.59 Å². The van der Waals surface area contributed by atoms with Crippen LogP contribution in [-0.4, -0.2) is 54.4 Å². The number of ether oxygens (including phenoxy) is 1. The zero-order valence-corrected chi connectivity index (χ0v) is 20.5. The van der Waals surface area contributed by atoms with Crippen LogP contribution < -0.4 is 5.32 Å². The number of carbonyl (C=O) groups is 3. The van der Waals surface area contributed by atoms with Gasteiger partial charge < -0.3 is 14.5 Å². The van der Waals surface area contributed by atoms with E-state index >= 15 is 0 Å². The molecule has 6 nitrogen and oxygen atoms in total. The predicted octanol–water partition coefficient (Wildman–Crippen LogP) is 4.97. The van der Waals surface area contributed by atoms with Crippen LogP contribution in [0.3, 0.4) is 0 Å². The lowest BCUT2D eigenvalue weighted by atomic mass is 9.82. The van der Waals surface area contributed by atoms with E-state index in [2.05, 4.69) is 5.32 Å². The summed E-state index contributed by atoms with van der Waals surface area (Å²) in [5.41, 5.74) is 1.55. The molecule has 3 aliphatic heterocycles. The maximum Gasteiger partial charge on any atom is 0.333 e. The molecule has 0 radical (unpaired) electrons. The molecule has 1 N–H and O–H groups in total. The third-order valence-electron chi connectivity index (χ3n) is 7.63. The second-order valence-electron chi connectivity index (χ2n) is 10.1. The van der Waals surface area contributed by atoms with E-state index in [1.165, 1.54) is 24.3 Å². The number of quaternary nitrogens is 1. The summed E-state index contributed by atoms with van der Waals surface area (Å²) in [7, 11) is 0. The third-order valence-corrected chi connectivity index (χ3v) is 7.63. The molecule has 3 aromatic carbocycles. The quantitative estimate of drug-likeness (QED) is 0.260. The predicted molar refractivity (Wildman–Crippen MR) is 143 cm³/mol. The van der Waals surface area contributed by atoms with E-state index in [4.69, 9.17) is 4.74 Å². The molecule has 3 fully saturated rings. The largest absolute Gasteiger partial charge is 0.454 e. The summed E-state index contributed by atoms with van der Waals surface area (Å²) < 4.78 is 20.0. The number of hydrogen-bond donors (Lipinski definition) is 1. The number of rotatable bonds is 8. The van der Waals surface area contributed by atoms with Crippen LogP contribution >= 0.6 is 0 Å². The van der Waals surface area contributed by atoms with E-state index in [-0.39, 0.29) is 30.8 Å². The van der Waals surface area contributed by atoms with Crippen LogP contribution in [0.1, 0.15) is 52.6 Å². The Bertz CT molecular complexity index is 1260. The zero-order chi connectivity index (χ0) is 25.8. The standard InChI is InChI=1S/C30H29FN2O4.CH4/c31-25-13-11-24(12-14-25)29(35)32-28(23-9-5-2-6-10-23)30(36)37-27-20-33(17-15-22(27)16-18-33)19-26(34)21-7-3-1-4-8-21;/h1-14,22,27-28H,15-20H2;1H4/p+1/t22?,27-,28?,33?;/m0./s1. The second-order valence-corrected chi connectivity index (χ2v) is 10.1. The van der Waals surface area contributed by atoms with Crippen LogP contribution in [0.5, 0.6) is 0 Å². The first-order valence-electron chi connectivity index (χ1n) is 12.7. The Morgan fingerprint density at radius 1 is 0.868 bits per heavy atom. The molecule has 3 aliphatic rings. The van der Waals surface area contributed by atoms with Crippen molar-refractivity contribution in [2.45, 2.75) is 32.4 Å². The van der Waals surface area contributed by atoms with Crippen molar-refractivity contribution < 1.29 is 28.0 Å². The number of nitrogens with zero attached hydrogens (tertiary/aromatic N) is 1. The molecular formula is C31H34FN2O4+. The summed E-state index contributed by atoms with van der Waals surface area (Å²) in [4.78, 5) is 39.4. The van der Waals surface area contributed by atoms with Crippen molar-refractivity contribution in [3.8, 4) is 0 Å². The fourth-order valence-electron chi connectivity index (χ4n) is 5.55. The normalized spacial score (nSPS) is 22.6. The molecule has 1 amide bonds. The van der Waals surface area contributed by atoms with E-state index in [1.807, 2.05) is 36.4 Å². The van der Waals surface area contributed by atoms with Gasteiger partial charge in [-0.2, -0.15) is 0 Å². The zero-order valence-electron chi connectivity index (χ0n) is 20.5. The van der Waals surface area contributed by atoms with Gasteiger partial charge in [0.15, 0.2) is 12.1 Å². The number of piperidine rings is 3. The fraction of sp³-hybridized carbons (Fsp3) is 0.323. The number of halogens is 1. The molecule has 0 aromatic heterocycles. The van der Waals surface area contributed by atoms with Gasteiger partial charge in [-0.05, 0) is 29.8 Å². The highest BCUT2D eigenvalue weighted by Crippen LogP contribution is 2.36. The smallest absolute Gasteiger partial charge is 0.333 e. The third kappa shape index (κ3) is 6.00. The number of carbonyl (C=O) groups excluding carboxylic acids is 3. The molecule has 3 aromatic rings. The summed E-state index contributed by atoms with van der Waals surface area (Å²) in [5, 5.41) is 2.77. The summed E-state index contributed by atoms with van der Waals surface area (Å²) in [5.74, 6) is -1.13. The average molecular weight is 518 g/mol. The number of amides is 1. The molecule has 0 aliphatic carbocycles. The van der Waals surface area contributed by atoms with E-state index in [0.717, 1.165) is 25.9 Å². The number of benzene rings is 3. The topological polar surface area (TPSA) is 72.5 Å². The van der Waals surface area contributed by atoms with Gasteiger partial charge >= 0.3 is 5.97 Å². The first-order valence-corrected chi connectivity index (χ1v) is 12.7. The molecule has 1 unspecified atom stereocenters. The van der Waals surface area contributed by atoms with Gasteiger partial charge in [0.2, 0.25) is 5.78 Å². The van der Waals surface area contributed by atoms with Gasteiger partial charge in [-0.15, -0.1) is 0 Å². The van der Waals surface area contributed by atoms with Crippen molar-refractivity contribution in [3.05, 3.63) is 107 Å². The Morgan fingerprint density at radius 3 is 2.11 bits per heavy atom. The molecule has 3 saturated heterocycles. The minimum absolute atomic E-state index is 0. The molecule has 2 atom stereocenters. The average Bonchev–Trinajstić information content (AvgIpc) is 2.93. The molecular weight excluding hydrogens is 483 g/mol. The van der Waals surface area contributed by atoms with Gasteiger partial charge in [0.25, 0.3) is 5.91 Å². The molecule has 198 valence electrons. The van der Waals surface area contributed by atoms with Crippen molar-refractivity contribution in [1.82, 2.24) is 5.32 Å². The summed E-state index contributed by atoms with van der Waals surface area (Å²) in [6.45, 7) is 2.75. The monoisotopic (exact) mass is 517 g/mol. The minimum Gasteiger partial charge on any atom is -0.454 e. The van der Waals surface area contributed by atoms with Crippen LogP contribution in [0, 0.1) is 11.7 Å². The van der Waals surface area contributed by atoms with Crippen molar-refractivity contribution >= 4 is 17.7 Å². The van der Waals surface area contributed by atoms with Gasteiger partial charge in [0.05, 0.1) is 13.1 Å². The first-order chi connectivity index (χ1) is 17.9. The maximum absolute atomic E-state index is 13.5. The molecule has 7 heteroatoms. The summed E-state index contributed by atoms with van der Waals surface area (Å²) in [6.07, 6.45) is 1.45. The van der Waals surface area contributed by atoms with E-state index < -0.39 is 23.7 Å².